The molecule has 1 N–H and O–H groups in total. The fourth-order valence-corrected chi connectivity index (χ4v) is 3.74. The summed E-state index contributed by atoms with van der Waals surface area (Å²) in [4.78, 5) is 44.9. The summed E-state index contributed by atoms with van der Waals surface area (Å²) in [7, 11) is 0. The van der Waals surface area contributed by atoms with E-state index < -0.39 is 0 Å². The van der Waals surface area contributed by atoms with Gasteiger partial charge >= 0.3 is 5.97 Å². The third kappa shape index (κ3) is 6.94. The molecule has 0 radical (unpaired) electrons. The summed E-state index contributed by atoms with van der Waals surface area (Å²) in [5.74, 6) is 0.878. The standard InChI is InChI=1S/C25H32N4O5/c1-3-33-21-9-6-5-8-20(21)25(32)27-19-12-13-22(26-18-19)28-14-16-29(17-15-28)23(30)10-7-11-24(31)34-4-2/h5-6,8-9,12-13,18H,3-4,7,10-11,14-17H2,1-2H3,(H,27,32). The number of carbonyl (C=O) groups excluding carboxylic acids is 3. The molecule has 0 spiro atoms. The highest BCUT2D eigenvalue weighted by Gasteiger charge is 2.22. The first-order chi connectivity index (χ1) is 16.5. The van der Waals surface area contributed by atoms with Crippen LogP contribution in [0.5, 0.6) is 5.75 Å². The molecule has 1 aliphatic heterocycles. The van der Waals surface area contributed by atoms with Gasteiger partial charge in [-0.1, -0.05) is 12.1 Å². The largest absolute Gasteiger partial charge is 0.493 e. The van der Waals surface area contributed by atoms with Crippen molar-refractivity contribution in [1.82, 2.24) is 9.88 Å². The summed E-state index contributed by atoms with van der Waals surface area (Å²) in [6.45, 7) is 7.03. The van der Waals surface area contributed by atoms with Gasteiger partial charge in [-0.25, -0.2) is 4.98 Å². The van der Waals surface area contributed by atoms with Crippen LogP contribution in [0.15, 0.2) is 42.6 Å². The zero-order valence-corrected chi connectivity index (χ0v) is 19.8. The van der Waals surface area contributed by atoms with Crippen molar-refractivity contribution in [3.8, 4) is 5.75 Å². The molecular formula is C25H32N4O5. The predicted octanol–water partition coefficient (Wildman–Crippen LogP) is 3.11. The maximum absolute atomic E-state index is 12.6. The van der Waals surface area contributed by atoms with Crippen LogP contribution in [0.1, 0.15) is 43.5 Å². The predicted molar refractivity (Wildman–Crippen MR) is 129 cm³/mol. The summed E-state index contributed by atoms with van der Waals surface area (Å²) >= 11 is 0. The molecule has 3 rings (SSSR count). The number of piperazine rings is 1. The van der Waals surface area contributed by atoms with E-state index in [1.807, 2.05) is 30.0 Å². The summed E-state index contributed by atoms with van der Waals surface area (Å²) in [5, 5.41) is 2.86. The number of nitrogens with zero attached hydrogens (tertiary/aromatic N) is 3. The van der Waals surface area contributed by atoms with E-state index >= 15 is 0 Å². The molecule has 1 aliphatic rings. The molecule has 0 unspecified atom stereocenters. The molecule has 1 saturated heterocycles. The second-order valence-electron chi connectivity index (χ2n) is 7.81. The van der Waals surface area contributed by atoms with Crippen molar-refractivity contribution in [2.24, 2.45) is 0 Å². The number of hydrogen-bond acceptors (Lipinski definition) is 7. The Bertz CT molecular complexity index is 972. The van der Waals surface area contributed by atoms with Crippen molar-refractivity contribution < 1.29 is 23.9 Å². The first-order valence-corrected chi connectivity index (χ1v) is 11.7. The molecule has 34 heavy (non-hydrogen) atoms. The van der Waals surface area contributed by atoms with Crippen molar-refractivity contribution in [3.63, 3.8) is 0 Å². The van der Waals surface area contributed by atoms with E-state index in [0.717, 1.165) is 5.82 Å². The second-order valence-corrected chi connectivity index (χ2v) is 7.81. The highest BCUT2D eigenvalue weighted by atomic mass is 16.5. The number of anilines is 2. The van der Waals surface area contributed by atoms with Gasteiger partial charge in [0, 0.05) is 39.0 Å². The van der Waals surface area contributed by atoms with Crippen LogP contribution in [-0.4, -0.2) is 67.1 Å². The number of ether oxygens (including phenoxy) is 2. The monoisotopic (exact) mass is 468 g/mol. The quantitative estimate of drug-likeness (QED) is 0.535. The second kappa shape index (κ2) is 12.6. The summed E-state index contributed by atoms with van der Waals surface area (Å²) in [6.07, 6.45) is 2.74. The molecule has 0 bridgehead atoms. The highest BCUT2D eigenvalue weighted by molar-refractivity contribution is 6.06. The minimum atomic E-state index is -0.260. The maximum atomic E-state index is 12.6. The van der Waals surface area contributed by atoms with Gasteiger partial charge in [-0.15, -0.1) is 0 Å². The van der Waals surface area contributed by atoms with E-state index in [1.165, 1.54) is 0 Å². The number of para-hydroxylation sites is 1. The molecule has 9 heteroatoms. The van der Waals surface area contributed by atoms with Crippen LogP contribution in [-0.2, 0) is 14.3 Å². The Kier molecular flexibility index (Phi) is 9.25. The molecule has 0 aliphatic carbocycles. The summed E-state index contributed by atoms with van der Waals surface area (Å²) < 4.78 is 10.4. The van der Waals surface area contributed by atoms with Crippen molar-refractivity contribution in [2.45, 2.75) is 33.1 Å². The first kappa shape index (κ1) is 25.0. The van der Waals surface area contributed by atoms with Gasteiger partial charge in [0.1, 0.15) is 11.6 Å². The third-order valence-corrected chi connectivity index (χ3v) is 5.47. The molecule has 0 saturated carbocycles. The number of rotatable bonds is 10. The Morgan fingerprint density at radius 2 is 1.74 bits per heavy atom. The van der Waals surface area contributed by atoms with Crippen LogP contribution in [0.25, 0.3) is 0 Å². The first-order valence-electron chi connectivity index (χ1n) is 11.7. The fraction of sp³-hybridized carbons (Fsp3) is 0.440. The molecular weight excluding hydrogens is 436 g/mol. The lowest BCUT2D eigenvalue weighted by molar-refractivity contribution is -0.143. The van der Waals surface area contributed by atoms with Gasteiger partial charge in [0.05, 0.1) is 30.7 Å². The number of esters is 1. The minimum Gasteiger partial charge on any atom is -0.493 e. The van der Waals surface area contributed by atoms with Crippen LogP contribution in [0, 0.1) is 0 Å². The maximum Gasteiger partial charge on any atom is 0.305 e. The third-order valence-electron chi connectivity index (χ3n) is 5.47. The van der Waals surface area contributed by atoms with Gasteiger partial charge in [0.15, 0.2) is 0 Å². The topological polar surface area (TPSA) is 101 Å². The SMILES string of the molecule is CCOC(=O)CCCC(=O)N1CCN(c2ccc(NC(=O)c3ccccc3OCC)cn2)CC1. The van der Waals surface area contributed by atoms with Crippen LogP contribution < -0.4 is 15.0 Å². The number of amides is 2. The lowest BCUT2D eigenvalue weighted by atomic mass is 10.2. The average Bonchev–Trinajstić information content (AvgIpc) is 2.85. The molecule has 9 nitrogen and oxygen atoms in total. The van der Waals surface area contributed by atoms with Crippen LogP contribution >= 0.6 is 0 Å². The molecule has 1 aromatic carbocycles. The Morgan fingerprint density at radius 1 is 0.971 bits per heavy atom. The Labute approximate surface area is 200 Å². The fourth-order valence-electron chi connectivity index (χ4n) is 3.74. The van der Waals surface area contributed by atoms with E-state index in [2.05, 4.69) is 15.2 Å². The van der Waals surface area contributed by atoms with Crippen LogP contribution in [0.2, 0.25) is 0 Å². The molecule has 2 heterocycles. The Hall–Kier alpha value is -3.62. The summed E-state index contributed by atoms with van der Waals surface area (Å²) in [6, 6.07) is 10.8. The number of carbonyl (C=O) groups is 3. The number of aromatic nitrogens is 1. The number of pyridine rings is 1. The highest BCUT2D eigenvalue weighted by Crippen LogP contribution is 2.21. The van der Waals surface area contributed by atoms with Gasteiger partial charge in [-0.3, -0.25) is 14.4 Å². The Balaban J connectivity index is 1.47. The molecule has 1 aromatic heterocycles. The molecule has 182 valence electrons. The number of hydrogen-bond donors (Lipinski definition) is 1. The van der Waals surface area contributed by atoms with Gasteiger partial charge in [-0.05, 0) is 44.5 Å². The molecule has 1 fully saturated rings. The van der Waals surface area contributed by atoms with Gasteiger partial charge in [0.25, 0.3) is 5.91 Å². The average molecular weight is 469 g/mol. The lowest BCUT2D eigenvalue weighted by Gasteiger charge is -2.35. The van der Waals surface area contributed by atoms with E-state index in [9.17, 15) is 14.4 Å². The van der Waals surface area contributed by atoms with Gasteiger partial charge in [-0.2, -0.15) is 0 Å². The van der Waals surface area contributed by atoms with Crippen molar-refractivity contribution in [1.29, 1.82) is 0 Å². The van der Waals surface area contributed by atoms with E-state index in [4.69, 9.17) is 9.47 Å². The zero-order valence-electron chi connectivity index (χ0n) is 19.8. The minimum absolute atomic E-state index is 0.0577. The van der Waals surface area contributed by atoms with Crippen LogP contribution in [0.3, 0.4) is 0 Å². The van der Waals surface area contributed by atoms with E-state index in [1.54, 1.807) is 31.3 Å². The zero-order chi connectivity index (χ0) is 24.3. The van der Waals surface area contributed by atoms with Gasteiger partial charge in [0.2, 0.25) is 5.91 Å². The lowest BCUT2D eigenvalue weighted by Crippen LogP contribution is -2.49. The molecule has 2 amide bonds. The number of benzene rings is 1. The Morgan fingerprint density at radius 3 is 2.41 bits per heavy atom. The normalized spacial score (nSPS) is 13.4. The van der Waals surface area contributed by atoms with Gasteiger partial charge < -0.3 is 24.6 Å². The smallest absolute Gasteiger partial charge is 0.305 e. The number of nitrogens with one attached hydrogen (secondary N) is 1. The van der Waals surface area contributed by atoms with Crippen LogP contribution in [0.4, 0.5) is 11.5 Å². The van der Waals surface area contributed by atoms with E-state index in [-0.39, 0.29) is 24.2 Å². The van der Waals surface area contributed by atoms with Crippen molar-refractivity contribution in [3.05, 3.63) is 48.2 Å². The molecule has 0 atom stereocenters. The van der Waals surface area contributed by atoms with Crippen molar-refractivity contribution >= 4 is 29.3 Å². The van der Waals surface area contributed by atoms with E-state index in [0.29, 0.717) is 69.2 Å². The van der Waals surface area contributed by atoms with Crippen molar-refractivity contribution in [2.75, 3.05) is 49.6 Å². The summed E-state index contributed by atoms with van der Waals surface area (Å²) in [5.41, 5.74) is 1.06. The molecule has 2 aromatic rings.